The molecule has 3 aromatic carbocycles. The molecule has 0 saturated heterocycles. The van der Waals surface area contributed by atoms with Crippen molar-refractivity contribution in [2.45, 2.75) is 6.42 Å². The molecule has 3 aromatic rings. The van der Waals surface area contributed by atoms with Crippen LogP contribution >= 0.6 is 0 Å². The van der Waals surface area contributed by atoms with E-state index in [-0.39, 0.29) is 5.69 Å². The molecule has 0 atom stereocenters. The van der Waals surface area contributed by atoms with Gasteiger partial charge in [0, 0.05) is 24.1 Å². The molecule has 4 nitrogen and oxygen atoms in total. The van der Waals surface area contributed by atoms with E-state index >= 15 is 0 Å². The maximum Gasteiger partial charge on any atom is 0.269 e. The summed E-state index contributed by atoms with van der Waals surface area (Å²) in [6.45, 7) is 0. The van der Waals surface area contributed by atoms with E-state index in [1.165, 1.54) is 22.9 Å². The van der Waals surface area contributed by atoms with E-state index in [0.717, 1.165) is 28.9 Å². The highest BCUT2D eigenvalue weighted by Crippen LogP contribution is 2.36. The molecular weight excluding hydrogens is 290 g/mol. The van der Waals surface area contributed by atoms with E-state index in [4.69, 9.17) is 4.74 Å². The van der Waals surface area contributed by atoms with E-state index < -0.39 is 4.92 Å². The number of benzene rings is 3. The van der Waals surface area contributed by atoms with Gasteiger partial charge in [0.25, 0.3) is 5.69 Å². The van der Waals surface area contributed by atoms with Gasteiger partial charge in [-0.1, -0.05) is 30.3 Å². The van der Waals surface area contributed by atoms with Crippen LogP contribution < -0.4 is 4.74 Å². The number of fused-ring (bicyclic) bond motifs is 3. The summed E-state index contributed by atoms with van der Waals surface area (Å²) >= 11 is 0. The predicted octanol–water partition coefficient (Wildman–Crippen LogP) is 4.72. The smallest absolute Gasteiger partial charge is 0.269 e. The number of allylic oxidation sites excluding steroid dienone is 1. The van der Waals surface area contributed by atoms with Crippen LogP contribution in [0.15, 0.2) is 66.9 Å². The number of nitrogens with zero attached hydrogens (tertiary/aromatic N) is 1. The third-order valence-electron chi connectivity index (χ3n) is 4.14. The third-order valence-corrected chi connectivity index (χ3v) is 4.14. The summed E-state index contributed by atoms with van der Waals surface area (Å²) in [6.07, 6.45) is 2.48. The summed E-state index contributed by atoms with van der Waals surface area (Å²) in [5, 5.41) is 13.1. The molecule has 0 fully saturated rings. The summed E-state index contributed by atoms with van der Waals surface area (Å²) in [4.78, 5) is 10.4. The lowest BCUT2D eigenvalue weighted by Gasteiger charge is -2.19. The molecule has 0 unspecified atom stereocenters. The zero-order valence-electron chi connectivity index (χ0n) is 12.2. The topological polar surface area (TPSA) is 52.4 Å². The van der Waals surface area contributed by atoms with Gasteiger partial charge in [0.15, 0.2) is 0 Å². The van der Waals surface area contributed by atoms with Crippen molar-refractivity contribution in [2.75, 3.05) is 0 Å². The standard InChI is InChI=1S/C19H13NO3/c21-20(22)16-8-5-13(6-9-16)15-11-18-17-4-2-1-3-14(17)7-10-19(18)23-12-15/h1-10,12H,11H2. The highest BCUT2D eigenvalue weighted by molar-refractivity contribution is 5.90. The summed E-state index contributed by atoms with van der Waals surface area (Å²) in [7, 11) is 0. The van der Waals surface area contributed by atoms with Gasteiger partial charge in [-0.3, -0.25) is 10.1 Å². The molecule has 0 spiro atoms. The van der Waals surface area contributed by atoms with Crippen molar-refractivity contribution >= 4 is 22.0 Å². The van der Waals surface area contributed by atoms with Crippen LogP contribution in [0.5, 0.6) is 5.75 Å². The van der Waals surface area contributed by atoms with E-state index in [1.54, 1.807) is 18.4 Å². The number of nitro benzene ring substituents is 1. The quantitative estimate of drug-likeness (QED) is 0.508. The molecule has 0 N–H and O–H groups in total. The molecule has 1 aliphatic heterocycles. The summed E-state index contributed by atoms with van der Waals surface area (Å²) in [6, 6.07) is 18.8. The largest absolute Gasteiger partial charge is 0.464 e. The highest BCUT2D eigenvalue weighted by atomic mass is 16.6. The number of hydrogen-bond acceptors (Lipinski definition) is 3. The second-order valence-corrected chi connectivity index (χ2v) is 5.51. The first-order valence-corrected chi connectivity index (χ1v) is 7.33. The lowest BCUT2D eigenvalue weighted by molar-refractivity contribution is -0.384. The van der Waals surface area contributed by atoms with E-state index in [0.29, 0.717) is 0 Å². The number of non-ortho nitro benzene ring substituents is 1. The maximum absolute atomic E-state index is 10.8. The molecule has 1 heterocycles. The minimum absolute atomic E-state index is 0.0944. The van der Waals surface area contributed by atoms with Crippen molar-refractivity contribution in [2.24, 2.45) is 0 Å². The number of hydrogen-bond donors (Lipinski definition) is 0. The lowest BCUT2D eigenvalue weighted by atomic mass is 9.93. The Kier molecular flexibility index (Phi) is 3.08. The average molecular weight is 303 g/mol. The van der Waals surface area contributed by atoms with Gasteiger partial charge in [-0.05, 0) is 40.1 Å². The fourth-order valence-corrected chi connectivity index (χ4v) is 2.94. The Balaban J connectivity index is 1.73. The van der Waals surface area contributed by atoms with Gasteiger partial charge in [-0.25, -0.2) is 0 Å². The molecule has 1 aliphatic rings. The normalized spacial score (nSPS) is 13.1. The monoisotopic (exact) mass is 303 g/mol. The first-order valence-electron chi connectivity index (χ1n) is 7.33. The van der Waals surface area contributed by atoms with E-state index in [9.17, 15) is 10.1 Å². The SMILES string of the molecule is O=[N+]([O-])c1ccc(C2=COc3ccc4ccccc4c3C2)cc1. The minimum atomic E-state index is -0.391. The molecule has 23 heavy (non-hydrogen) atoms. The van der Waals surface area contributed by atoms with Crippen molar-refractivity contribution in [1.82, 2.24) is 0 Å². The van der Waals surface area contributed by atoms with Gasteiger partial charge in [0.2, 0.25) is 0 Å². The van der Waals surface area contributed by atoms with Crippen LogP contribution in [0.2, 0.25) is 0 Å². The van der Waals surface area contributed by atoms with Gasteiger partial charge in [-0.2, -0.15) is 0 Å². The third kappa shape index (κ3) is 2.34. The number of rotatable bonds is 2. The average Bonchev–Trinajstić information content (AvgIpc) is 2.61. The Morgan fingerprint density at radius 3 is 2.52 bits per heavy atom. The van der Waals surface area contributed by atoms with E-state index in [1.807, 2.05) is 18.2 Å². The van der Waals surface area contributed by atoms with Crippen LogP contribution in [0.25, 0.3) is 16.3 Å². The molecule has 4 heteroatoms. The van der Waals surface area contributed by atoms with Crippen LogP contribution in [0.3, 0.4) is 0 Å². The van der Waals surface area contributed by atoms with Crippen molar-refractivity contribution in [1.29, 1.82) is 0 Å². The molecule has 0 bridgehead atoms. The predicted molar refractivity (Wildman–Crippen MR) is 89.4 cm³/mol. The summed E-state index contributed by atoms with van der Waals surface area (Å²) < 4.78 is 5.78. The number of nitro groups is 1. The molecule has 4 rings (SSSR count). The Morgan fingerprint density at radius 1 is 0.957 bits per heavy atom. The van der Waals surface area contributed by atoms with Crippen molar-refractivity contribution in [3.05, 3.63) is 88.2 Å². The van der Waals surface area contributed by atoms with Crippen molar-refractivity contribution in [3.63, 3.8) is 0 Å². The summed E-state index contributed by atoms with van der Waals surface area (Å²) in [5.74, 6) is 0.870. The van der Waals surface area contributed by atoms with Crippen molar-refractivity contribution in [3.8, 4) is 5.75 Å². The van der Waals surface area contributed by atoms with Gasteiger partial charge >= 0.3 is 0 Å². The Labute approximate surface area is 132 Å². The van der Waals surface area contributed by atoms with E-state index in [2.05, 4.69) is 18.2 Å². The van der Waals surface area contributed by atoms with Crippen LogP contribution in [-0.4, -0.2) is 4.92 Å². The zero-order chi connectivity index (χ0) is 15.8. The zero-order valence-corrected chi connectivity index (χ0v) is 12.2. The Morgan fingerprint density at radius 2 is 1.74 bits per heavy atom. The maximum atomic E-state index is 10.8. The molecule has 0 aliphatic carbocycles. The second kappa shape index (κ2) is 5.25. The highest BCUT2D eigenvalue weighted by Gasteiger charge is 2.17. The molecule has 0 aromatic heterocycles. The second-order valence-electron chi connectivity index (χ2n) is 5.51. The number of ether oxygens (including phenoxy) is 1. The molecular formula is C19H13NO3. The van der Waals surface area contributed by atoms with Crippen LogP contribution in [-0.2, 0) is 6.42 Å². The van der Waals surface area contributed by atoms with Crippen LogP contribution in [0, 0.1) is 10.1 Å². The van der Waals surface area contributed by atoms with Gasteiger partial charge in [-0.15, -0.1) is 0 Å². The molecule has 0 amide bonds. The summed E-state index contributed by atoms with van der Waals surface area (Å²) in [5.41, 5.74) is 3.20. The molecule has 0 radical (unpaired) electrons. The van der Waals surface area contributed by atoms with Crippen molar-refractivity contribution < 1.29 is 9.66 Å². The van der Waals surface area contributed by atoms with Gasteiger partial charge in [0.05, 0.1) is 11.2 Å². The van der Waals surface area contributed by atoms with Crippen LogP contribution in [0.1, 0.15) is 11.1 Å². The van der Waals surface area contributed by atoms with Gasteiger partial charge in [0.1, 0.15) is 5.75 Å². The lowest BCUT2D eigenvalue weighted by Crippen LogP contribution is -2.03. The molecule has 0 saturated carbocycles. The van der Waals surface area contributed by atoms with Gasteiger partial charge < -0.3 is 4.74 Å². The first kappa shape index (κ1) is 13.5. The fraction of sp³-hybridized carbons (Fsp3) is 0.0526. The first-order chi connectivity index (χ1) is 11.2. The minimum Gasteiger partial charge on any atom is -0.464 e. The Hall–Kier alpha value is -3.14. The Bertz CT molecular complexity index is 942. The fourth-order valence-electron chi connectivity index (χ4n) is 2.94. The molecule has 112 valence electrons. The van der Waals surface area contributed by atoms with Crippen LogP contribution in [0.4, 0.5) is 5.69 Å².